The highest BCUT2D eigenvalue weighted by molar-refractivity contribution is 9.10. The summed E-state index contributed by atoms with van der Waals surface area (Å²) in [6.07, 6.45) is 2.10. The van der Waals surface area contributed by atoms with Crippen molar-refractivity contribution in [3.8, 4) is 0 Å². The number of hydrogen-bond acceptors (Lipinski definition) is 2. The van der Waals surface area contributed by atoms with E-state index in [1.807, 2.05) is 25.1 Å². The summed E-state index contributed by atoms with van der Waals surface area (Å²) in [5.41, 5.74) is 3.26. The molecule has 0 saturated heterocycles. The molecule has 1 aromatic carbocycles. The molecule has 1 amide bonds. The Bertz CT molecular complexity index is 695. The first-order chi connectivity index (χ1) is 10.5. The molecular weight excluding hydrogens is 342 g/mol. The molecule has 1 atom stereocenters. The maximum absolute atomic E-state index is 12.3. The average Bonchev–Trinajstić information content (AvgIpc) is 2.95. The van der Waals surface area contributed by atoms with Crippen LogP contribution in [0.3, 0.4) is 0 Å². The maximum atomic E-state index is 12.3. The topological polar surface area (TPSA) is 37.3 Å². The molecule has 22 heavy (non-hydrogen) atoms. The predicted octanol–water partition coefficient (Wildman–Crippen LogP) is 3.57. The molecule has 116 valence electrons. The van der Waals surface area contributed by atoms with Gasteiger partial charge in [0.15, 0.2) is 0 Å². The summed E-state index contributed by atoms with van der Waals surface area (Å²) in [5, 5.41) is 2.98. The van der Waals surface area contributed by atoms with E-state index in [9.17, 15) is 4.79 Å². The highest BCUT2D eigenvalue weighted by Crippen LogP contribution is 2.25. The summed E-state index contributed by atoms with van der Waals surface area (Å²) in [5.74, 6) is 0.0302. The van der Waals surface area contributed by atoms with E-state index in [4.69, 9.17) is 0 Å². The molecule has 1 aliphatic rings. The summed E-state index contributed by atoms with van der Waals surface area (Å²) >= 11 is 3.49. The van der Waals surface area contributed by atoms with Crippen LogP contribution in [-0.4, -0.2) is 28.5 Å². The Hall–Kier alpha value is -1.59. The first-order valence-corrected chi connectivity index (χ1v) is 8.29. The van der Waals surface area contributed by atoms with Gasteiger partial charge in [0.1, 0.15) is 0 Å². The molecule has 5 heteroatoms. The molecule has 4 nitrogen and oxygen atoms in total. The van der Waals surface area contributed by atoms with Crippen molar-refractivity contribution in [3.05, 3.63) is 52.3 Å². The van der Waals surface area contributed by atoms with Crippen molar-refractivity contribution < 1.29 is 4.79 Å². The van der Waals surface area contributed by atoms with Gasteiger partial charge < -0.3 is 9.88 Å². The van der Waals surface area contributed by atoms with Gasteiger partial charge in [-0.15, -0.1) is 0 Å². The van der Waals surface area contributed by atoms with Crippen molar-refractivity contribution in [1.82, 2.24) is 9.47 Å². The van der Waals surface area contributed by atoms with E-state index in [-0.39, 0.29) is 11.9 Å². The third-order valence-corrected chi connectivity index (χ3v) is 5.13. The number of hydrogen-bond donors (Lipinski definition) is 1. The van der Waals surface area contributed by atoms with Crippen molar-refractivity contribution >= 4 is 27.5 Å². The molecule has 1 N–H and O–H groups in total. The first kappa shape index (κ1) is 15.3. The quantitative estimate of drug-likeness (QED) is 0.906. The van der Waals surface area contributed by atoms with Gasteiger partial charge in [-0.25, -0.2) is 0 Å². The molecule has 0 aliphatic carbocycles. The lowest BCUT2D eigenvalue weighted by Gasteiger charge is -2.34. The molecule has 1 aromatic heterocycles. The van der Waals surface area contributed by atoms with Crippen LogP contribution in [0, 0.1) is 6.92 Å². The van der Waals surface area contributed by atoms with E-state index in [0.29, 0.717) is 6.54 Å². The Balaban J connectivity index is 1.64. The van der Waals surface area contributed by atoms with E-state index in [2.05, 4.69) is 56.0 Å². The van der Waals surface area contributed by atoms with Crippen molar-refractivity contribution in [2.45, 2.75) is 26.4 Å². The summed E-state index contributed by atoms with van der Waals surface area (Å²) in [6.45, 7) is 6.43. The second kappa shape index (κ2) is 6.26. The standard InChI is InChI=1S/C17H20BrN3O/c1-12-5-6-14(10-15(12)18)19-17(22)11-21-9-8-20-7-3-4-16(20)13(21)2/h3-7,10,13H,8-9,11H2,1-2H3,(H,19,22)/t13-/m1/s1. The molecule has 2 aromatic rings. The van der Waals surface area contributed by atoms with Gasteiger partial charge in [0.25, 0.3) is 0 Å². The Morgan fingerprint density at radius 3 is 2.95 bits per heavy atom. The number of aromatic nitrogens is 1. The Labute approximate surface area is 139 Å². The summed E-state index contributed by atoms with van der Waals surface area (Å²) in [4.78, 5) is 14.5. The molecule has 1 aliphatic heterocycles. The molecule has 3 rings (SSSR count). The molecule has 0 bridgehead atoms. The molecule has 0 fully saturated rings. The van der Waals surface area contributed by atoms with Crippen LogP contribution in [0.2, 0.25) is 0 Å². The van der Waals surface area contributed by atoms with Crippen molar-refractivity contribution in [3.63, 3.8) is 0 Å². The lowest BCUT2D eigenvalue weighted by molar-refractivity contribution is -0.118. The lowest BCUT2D eigenvalue weighted by atomic mass is 10.1. The number of fused-ring (bicyclic) bond motifs is 1. The minimum absolute atomic E-state index is 0.0302. The average molecular weight is 362 g/mol. The SMILES string of the molecule is Cc1ccc(NC(=O)CN2CCn3cccc3[C@H]2C)cc1Br. The Kier molecular flexibility index (Phi) is 4.36. The first-order valence-electron chi connectivity index (χ1n) is 7.49. The van der Waals surface area contributed by atoms with Crippen LogP contribution in [0.15, 0.2) is 41.0 Å². The molecule has 2 heterocycles. The van der Waals surface area contributed by atoms with Crippen LogP contribution >= 0.6 is 15.9 Å². The van der Waals surface area contributed by atoms with Crippen LogP contribution in [0.4, 0.5) is 5.69 Å². The monoisotopic (exact) mass is 361 g/mol. The van der Waals surface area contributed by atoms with E-state index in [0.717, 1.165) is 28.8 Å². The number of carbonyl (C=O) groups excluding carboxylic acids is 1. The van der Waals surface area contributed by atoms with Gasteiger partial charge in [-0.3, -0.25) is 9.69 Å². The lowest BCUT2D eigenvalue weighted by Crippen LogP contribution is -2.41. The van der Waals surface area contributed by atoms with Crippen LogP contribution in [0.1, 0.15) is 24.2 Å². The van der Waals surface area contributed by atoms with Gasteiger partial charge in [-0.05, 0) is 43.7 Å². The van der Waals surface area contributed by atoms with E-state index >= 15 is 0 Å². The number of anilines is 1. The van der Waals surface area contributed by atoms with Crippen LogP contribution in [0.25, 0.3) is 0 Å². The minimum Gasteiger partial charge on any atom is -0.349 e. The maximum Gasteiger partial charge on any atom is 0.238 e. The van der Waals surface area contributed by atoms with E-state index in [1.165, 1.54) is 5.69 Å². The second-order valence-corrected chi connectivity index (χ2v) is 6.64. The van der Waals surface area contributed by atoms with Gasteiger partial charge >= 0.3 is 0 Å². The fourth-order valence-corrected chi connectivity index (χ4v) is 3.28. The fraction of sp³-hybridized carbons (Fsp3) is 0.353. The second-order valence-electron chi connectivity index (χ2n) is 5.79. The predicted molar refractivity (Wildman–Crippen MR) is 91.9 cm³/mol. The number of rotatable bonds is 3. The van der Waals surface area contributed by atoms with Gasteiger partial charge in [0.2, 0.25) is 5.91 Å². The molecular formula is C17H20BrN3O. The van der Waals surface area contributed by atoms with Crippen LogP contribution in [-0.2, 0) is 11.3 Å². The summed E-state index contributed by atoms with van der Waals surface area (Å²) in [6, 6.07) is 10.3. The van der Waals surface area contributed by atoms with Crippen molar-refractivity contribution in [1.29, 1.82) is 0 Å². The van der Waals surface area contributed by atoms with Gasteiger partial charge in [0.05, 0.1) is 6.54 Å². The summed E-state index contributed by atoms with van der Waals surface area (Å²) in [7, 11) is 0. The van der Waals surface area contributed by atoms with Gasteiger partial charge in [0, 0.05) is 41.2 Å². The number of benzene rings is 1. The highest BCUT2D eigenvalue weighted by atomic mass is 79.9. The zero-order valence-corrected chi connectivity index (χ0v) is 14.4. The smallest absolute Gasteiger partial charge is 0.238 e. The van der Waals surface area contributed by atoms with Gasteiger partial charge in [-0.2, -0.15) is 0 Å². The largest absolute Gasteiger partial charge is 0.349 e. The summed E-state index contributed by atoms with van der Waals surface area (Å²) < 4.78 is 3.27. The molecule has 0 spiro atoms. The molecule has 0 unspecified atom stereocenters. The third kappa shape index (κ3) is 3.10. The number of nitrogens with one attached hydrogen (secondary N) is 1. The highest BCUT2D eigenvalue weighted by Gasteiger charge is 2.24. The van der Waals surface area contributed by atoms with Crippen molar-refractivity contribution in [2.75, 3.05) is 18.4 Å². The van der Waals surface area contributed by atoms with Gasteiger partial charge in [-0.1, -0.05) is 22.0 Å². The number of amides is 1. The number of nitrogens with zero attached hydrogens (tertiary/aromatic N) is 2. The normalized spacial score (nSPS) is 18.0. The number of aryl methyl sites for hydroxylation is 1. The molecule has 0 radical (unpaired) electrons. The van der Waals surface area contributed by atoms with Crippen molar-refractivity contribution in [2.24, 2.45) is 0 Å². The Morgan fingerprint density at radius 1 is 1.36 bits per heavy atom. The Morgan fingerprint density at radius 2 is 2.18 bits per heavy atom. The van der Waals surface area contributed by atoms with Crippen LogP contribution in [0.5, 0.6) is 0 Å². The van der Waals surface area contributed by atoms with E-state index < -0.39 is 0 Å². The minimum atomic E-state index is 0.0302. The molecule has 0 saturated carbocycles. The third-order valence-electron chi connectivity index (χ3n) is 4.27. The fourth-order valence-electron chi connectivity index (χ4n) is 2.90. The number of carbonyl (C=O) groups is 1. The zero-order valence-electron chi connectivity index (χ0n) is 12.8. The van der Waals surface area contributed by atoms with E-state index in [1.54, 1.807) is 0 Å². The number of halogens is 1. The zero-order chi connectivity index (χ0) is 15.7. The van der Waals surface area contributed by atoms with Crippen LogP contribution < -0.4 is 5.32 Å².